The lowest BCUT2D eigenvalue weighted by molar-refractivity contribution is 0.715. The molecule has 2 aromatic rings. The van der Waals surface area contributed by atoms with E-state index in [1.165, 1.54) is 11.8 Å². The molecule has 0 radical (unpaired) electrons. The SMILES string of the molecule is N#Cc1nccnc1N1CCc2c(Br)ccc(Cl)c2C1. The number of halogens is 2. The Labute approximate surface area is 130 Å². The van der Waals surface area contributed by atoms with Crippen molar-refractivity contribution in [3.63, 3.8) is 0 Å². The van der Waals surface area contributed by atoms with Gasteiger partial charge in [0.1, 0.15) is 6.07 Å². The van der Waals surface area contributed by atoms with Crippen LogP contribution in [0.5, 0.6) is 0 Å². The lowest BCUT2D eigenvalue weighted by atomic mass is 9.99. The van der Waals surface area contributed by atoms with Gasteiger partial charge < -0.3 is 4.90 Å². The van der Waals surface area contributed by atoms with Gasteiger partial charge in [-0.1, -0.05) is 27.5 Å². The van der Waals surface area contributed by atoms with Crippen LogP contribution in [0.25, 0.3) is 0 Å². The highest BCUT2D eigenvalue weighted by molar-refractivity contribution is 9.10. The van der Waals surface area contributed by atoms with Gasteiger partial charge in [-0.3, -0.25) is 0 Å². The quantitative estimate of drug-likeness (QED) is 0.792. The van der Waals surface area contributed by atoms with E-state index in [1.54, 1.807) is 6.20 Å². The second-order valence-corrected chi connectivity index (χ2v) is 5.76. The molecule has 0 aliphatic carbocycles. The minimum absolute atomic E-state index is 0.349. The van der Waals surface area contributed by atoms with Crippen molar-refractivity contribution in [1.82, 2.24) is 9.97 Å². The number of anilines is 1. The van der Waals surface area contributed by atoms with Crippen molar-refractivity contribution in [3.05, 3.63) is 50.8 Å². The smallest absolute Gasteiger partial charge is 0.183 e. The van der Waals surface area contributed by atoms with Gasteiger partial charge in [0.25, 0.3) is 0 Å². The number of rotatable bonds is 1. The van der Waals surface area contributed by atoms with Gasteiger partial charge in [0, 0.05) is 35.0 Å². The summed E-state index contributed by atoms with van der Waals surface area (Å²) in [5, 5.41) is 9.88. The van der Waals surface area contributed by atoms with Gasteiger partial charge in [0.2, 0.25) is 0 Å². The third-order valence-electron chi connectivity index (χ3n) is 3.38. The average Bonchev–Trinajstić information content (AvgIpc) is 2.50. The second-order valence-electron chi connectivity index (χ2n) is 4.50. The summed E-state index contributed by atoms with van der Waals surface area (Å²) in [6, 6.07) is 5.94. The molecule has 1 aromatic carbocycles. The predicted octanol–water partition coefficient (Wildman–Crippen LogP) is 3.33. The number of benzene rings is 1. The molecular weight excluding hydrogens is 340 g/mol. The summed E-state index contributed by atoms with van der Waals surface area (Å²) in [6.07, 6.45) is 4.00. The summed E-state index contributed by atoms with van der Waals surface area (Å²) < 4.78 is 1.08. The number of aromatic nitrogens is 2. The van der Waals surface area contributed by atoms with E-state index in [9.17, 15) is 0 Å². The van der Waals surface area contributed by atoms with Crippen LogP contribution in [0.2, 0.25) is 5.02 Å². The molecule has 100 valence electrons. The predicted molar refractivity (Wildman–Crippen MR) is 80.7 cm³/mol. The molecule has 0 amide bonds. The Balaban J connectivity index is 2.01. The zero-order valence-electron chi connectivity index (χ0n) is 10.5. The first-order valence-corrected chi connectivity index (χ1v) is 7.29. The molecule has 2 heterocycles. The molecule has 3 rings (SSSR count). The monoisotopic (exact) mass is 348 g/mol. The number of hydrogen-bond donors (Lipinski definition) is 0. The maximum absolute atomic E-state index is 9.13. The van der Waals surface area contributed by atoms with Crippen molar-refractivity contribution in [3.8, 4) is 6.07 Å². The van der Waals surface area contributed by atoms with Crippen LogP contribution in [-0.4, -0.2) is 16.5 Å². The molecule has 6 heteroatoms. The molecule has 0 fully saturated rings. The van der Waals surface area contributed by atoms with Gasteiger partial charge in [0.05, 0.1) is 0 Å². The fourth-order valence-corrected chi connectivity index (χ4v) is 3.22. The Bertz CT molecular complexity index is 711. The van der Waals surface area contributed by atoms with Crippen LogP contribution in [0.3, 0.4) is 0 Å². The molecule has 0 atom stereocenters. The lowest BCUT2D eigenvalue weighted by Crippen LogP contribution is -2.32. The highest BCUT2D eigenvalue weighted by Gasteiger charge is 2.23. The topological polar surface area (TPSA) is 52.8 Å². The van der Waals surface area contributed by atoms with E-state index >= 15 is 0 Å². The molecule has 20 heavy (non-hydrogen) atoms. The van der Waals surface area contributed by atoms with E-state index in [2.05, 4.69) is 32.0 Å². The Kier molecular flexibility index (Phi) is 3.60. The Morgan fingerprint density at radius 2 is 2.05 bits per heavy atom. The molecular formula is C14H10BrClN4. The molecule has 0 unspecified atom stereocenters. The van der Waals surface area contributed by atoms with Crippen molar-refractivity contribution in [2.75, 3.05) is 11.4 Å². The molecule has 1 aliphatic heterocycles. The van der Waals surface area contributed by atoms with Crippen molar-refractivity contribution >= 4 is 33.3 Å². The van der Waals surface area contributed by atoms with Gasteiger partial charge in [-0.2, -0.15) is 5.26 Å². The number of fused-ring (bicyclic) bond motifs is 1. The largest absolute Gasteiger partial charge is 0.349 e. The zero-order chi connectivity index (χ0) is 14.1. The van der Waals surface area contributed by atoms with E-state index < -0.39 is 0 Å². The first-order valence-electron chi connectivity index (χ1n) is 6.12. The van der Waals surface area contributed by atoms with E-state index in [0.717, 1.165) is 28.0 Å². The van der Waals surface area contributed by atoms with Gasteiger partial charge >= 0.3 is 0 Å². The Hall–Kier alpha value is -1.64. The minimum atomic E-state index is 0.349. The number of nitrogens with zero attached hydrogens (tertiary/aromatic N) is 4. The normalized spacial score (nSPS) is 13.8. The third-order valence-corrected chi connectivity index (χ3v) is 4.48. The molecule has 0 bridgehead atoms. The molecule has 1 aromatic heterocycles. The molecule has 0 N–H and O–H groups in total. The van der Waals surface area contributed by atoms with Crippen LogP contribution in [0, 0.1) is 11.3 Å². The van der Waals surface area contributed by atoms with Crippen LogP contribution < -0.4 is 4.90 Å². The highest BCUT2D eigenvalue weighted by Crippen LogP contribution is 2.33. The summed E-state index contributed by atoms with van der Waals surface area (Å²) in [6.45, 7) is 1.43. The van der Waals surface area contributed by atoms with Crippen LogP contribution in [-0.2, 0) is 13.0 Å². The van der Waals surface area contributed by atoms with Crippen LogP contribution in [0.4, 0.5) is 5.82 Å². The van der Waals surface area contributed by atoms with Crippen LogP contribution >= 0.6 is 27.5 Å². The maximum atomic E-state index is 9.13. The Morgan fingerprint density at radius 1 is 1.25 bits per heavy atom. The van der Waals surface area contributed by atoms with E-state index in [1.807, 2.05) is 17.0 Å². The first kappa shape index (κ1) is 13.3. The first-order chi connectivity index (χ1) is 9.70. The summed E-state index contributed by atoms with van der Waals surface area (Å²) >= 11 is 9.86. The van der Waals surface area contributed by atoms with Crippen molar-refractivity contribution in [2.45, 2.75) is 13.0 Å². The van der Waals surface area contributed by atoms with Crippen LogP contribution in [0.1, 0.15) is 16.8 Å². The third kappa shape index (κ3) is 2.26. The standard InChI is InChI=1S/C14H10BrClN4/c15-11-1-2-12(16)10-8-20(6-3-9(10)11)14-13(7-17)18-4-5-19-14/h1-2,4-5H,3,6,8H2. The number of nitriles is 1. The van der Waals surface area contributed by atoms with Gasteiger partial charge in [-0.25, -0.2) is 9.97 Å². The summed E-state index contributed by atoms with van der Waals surface area (Å²) in [5.74, 6) is 0.622. The van der Waals surface area contributed by atoms with Crippen molar-refractivity contribution in [2.24, 2.45) is 0 Å². The number of hydrogen-bond acceptors (Lipinski definition) is 4. The Morgan fingerprint density at radius 3 is 2.85 bits per heavy atom. The molecule has 0 spiro atoms. The fraction of sp³-hybridized carbons (Fsp3) is 0.214. The van der Waals surface area contributed by atoms with E-state index in [0.29, 0.717) is 18.1 Å². The molecule has 1 aliphatic rings. The average molecular weight is 350 g/mol. The summed E-state index contributed by atoms with van der Waals surface area (Å²) in [7, 11) is 0. The van der Waals surface area contributed by atoms with Gasteiger partial charge in [0.15, 0.2) is 11.5 Å². The van der Waals surface area contributed by atoms with Gasteiger partial charge in [-0.15, -0.1) is 0 Å². The molecule has 4 nitrogen and oxygen atoms in total. The van der Waals surface area contributed by atoms with E-state index in [-0.39, 0.29) is 0 Å². The lowest BCUT2D eigenvalue weighted by Gasteiger charge is -2.31. The maximum Gasteiger partial charge on any atom is 0.183 e. The molecule has 0 saturated heterocycles. The zero-order valence-corrected chi connectivity index (χ0v) is 12.8. The van der Waals surface area contributed by atoms with Crippen LogP contribution in [0.15, 0.2) is 29.0 Å². The van der Waals surface area contributed by atoms with Crippen molar-refractivity contribution in [1.29, 1.82) is 5.26 Å². The van der Waals surface area contributed by atoms with Crippen molar-refractivity contribution < 1.29 is 0 Å². The fourth-order valence-electron chi connectivity index (χ4n) is 2.42. The second kappa shape index (κ2) is 5.39. The minimum Gasteiger partial charge on any atom is -0.349 e. The highest BCUT2D eigenvalue weighted by atomic mass is 79.9. The molecule has 0 saturated carbocycles. The van der Waals surface area contributed by atoms with Gasteiger partial charge in [-0.05, 0) is 29.7 Å². The summed E-state index contributed by atoms with van der Waals surface area (Å²) in [4.78, 5) is 10.4. The van der Waals surface area contributed by atoms with E-state index in [4.69, 9.17) is 16.9 Å². The summed E-state index contributed by atoms with van der Waals surface area (Å²) in [5.41, 5.74) is 2.67.